The molecule has 2 aromatic rings. The first-order valence-electron chi connectivity index (χ1n) is 6.63. The molecule has 0 aliphatic heterocycles. The predicted octanol–water partition coefficient (Wildman–Crippen LogP) is 2.81. The molecule has 4 nitrogen and oxygen atoms in total. The molecular formula is C14H22N4S. The van der Waals surface area contributed by atoms with Gasteiger partial charge in [-0.15, -0.1) is 11.3 Å². The lowest BCUT2D eigenvalue weighted by Crippen LogP contribution is -2.39. The van der Waals surface area contributed by atoms with E-state index in [0.717, 1.165) is 29.1 Å². The molecule has 2 heterocycles. The largest absolute Gasteiger partial charge is 0.356 e. The average Bonchev–Trinajstić information content (AvgIpc) is 2.76. The minimum atomic E-state index is 0.0817. The van der Waals surface area contributed by atoms with Crippen molar-refractivity contribution in [1.82, 2.24) is 9.97 Å². The molecule has 0 radical (unpaired) electrons. The summed E-state index contributed by atoms with van der Waals surface area (Å²) in [6.45, 7) is 11.1. The quantitative estimate of drug-likeness (QED) is 0.913. The molecule has 2 aromatic heterocycles. The number of aryl methyl sites for hydroxylation is 1. The lowest BCUT2D eigenvalue weighted by Gasteiger charge is -2.32. The number of hydrogen-bond acceptors (Lipinski definition) is 5. The maximum Gasteiger partial charge on any atom is 0.140 e. The SMILES string of the molecule is CCN(CC(C)(C)CN)c1ncnc2sc(C)cc12. The highest BCUT2D eigenvalue weighted by Gasteiger charge is 2.22. The molecule has 0 atom stereocenters. The van der Waals surface area contributed by atoms with Gasteiger partial charge < -0.3 is 10.6 Å². The van der Waals surface area contributed by atoms with Gasteiger partial charge in [0.1, 0.15) is 17.0 Å². The van der Waals surface area contributed by atoms with Crippen molar-refractivity contribution in [2.24, 2.45) is 11.1 Å². The normalized spacial score (nSPS) is 12.1. The van der Waals surface area contributed by atoms with E-state index in [1.165, 1.54) is 4.88 Å². The number of aromatic nitrogens is 2. The van der Waals surface area contributed by atoms with E-state index in [-0.39, 0.29) is 5.41 Å². The van der Waals surface area contributed by atoms with Crippen LogP contribution in [0.25, 0.3) is 10.2 Å². The highest BCUT2D eigenvalue weighted by atomic mass is 32.1. The fourth-order valence-corrected chi connectivity index (χ4v) is 2.98. The third-order valence-electron chi connectivity index (χ3n) is 3.28. The Morgan fingerprint density at radius 1 is 1.37 bits per heavy atom. The molecule has 2 rings (SSSR count). The second-order valence-electron chi connectivity index (χ2n) is 5.66. The lowest BCUT2D eigenvalue weighted by atomic mass is 9.93. The van der Waals surface area contributed by atoms with Gasteiger partial charge >= 0.3 is 0 Å². The van der Waals surface area contributed by atoms with Crippen molar-refractivity contribution in [2.75, 3.05) is 24.5 Å². The smallest absolute Gasteiger partial charge is 0.140 e. The summed E-state index contributed by atoms with van der Waals surface area (Å²) in [6, 6.07) is 2.17. The molecule has 0 aromatic carbocycles. The van der Waals surface area contributed by atoms with E-state index in [1.54, 1.807) is 17.7 Å². The summed E-state index contributed by atoms with van der Waals surface area (Å²) >= 11 is 1.72. The van der Waals surface area contributed by atoms with Gasteiger partial charge in [-0.2, -0.15) is 0 Å². The van der Waals surface area contributed by atoms with Crippen LogP contribution in [0.4, 0.5) is 5.82 Å². The Bertz CT molecular complexity index is 562. The maximum absolute atomic E-state index is 5.85. The predicted molar refractivity (Wildman–Crippen MR) is 82.9 cm³/mol. The number of hydrogen-bond donors (Lipinski definition) is 1. The molecule has 0 spiro atoms. The van der Waals surface area contributed by atoms with E-state index in [9.17, 15) is 0 Å². The van der Waals surface area contributed by atoms with Gasteiger partial charge in [-0.25, -0.2) is 9.97 Å². The standard InChI is InChI=1S/C14H22N4S/c1-5-18(8-14(3,4)7-15)12-11-6-10(2)19-13(11)17-9-16-12/h6,9H,5,7-8,15H2,1-4H3. The topological polar surface area (TPSA) is 55.0 Å². The van der Waals surface area contributed by atoms with E-state index in [2.05, 4.69) is 48.6 Å². The lowest BCUT2D eigenvalue weighted by molar-refractivity contribution is 0.379. The summed E-state index contributed by atoms with van der Waals surface area (Å²) in [5.74, 6) is 1.03. The summed E-state index contributed by atoms with van der Waals surface area (Å²) in [5.41, 5.74) is 5.93. The third-order valence-corrected chi connectivity index (χ3v) is 4.24. The molecule has 104 valence electrons. The first kappa shape index (κ1) is 14.2. The van der Waals surface area contributed by atoms with Gasteiger partial charge in [-0.1, -0.05) is 13.8 Å². The fourth-order valence-electron chi connectivity index (χ4n) is 2.13. The highest BCUT2D eigenvalue weighted by Crippen LogP contribution is 2.31. The van der Waals surface area contributed by atoms with Gasteiger partial charge in [0.15, 0.2) is 0 Å². The van der Waals surface area contributed by atoms with Gasteiger partial charge in [0, 0.05) is 18.0 Å². The molecular weight excluding hydrogens is 256 g/mol. The number of rotatable bonds is 5. The van der Waals surface area contributed by atoms with Crippen LogP contribution < -0.4 is 10.6 Å². The van der Waals surface area contributed by atoms with Crippen molar-refractivity contribution >= 4 is 27.4 Å². The zero-order valence-electron chi connectivity index (χ0n) is 12.1. The summed E-state index contributed by atoms with van der Waals surface area (Å²) in [6.07, 6.45) is 1.66. The Labute approximate surface area is 118 Å². The van der Waals surface area contributed by atoms with Crippen molar-refractivity contribution < 1.29 is 0 Å². The van der Waals surface area contributed by atoms with Crippen LogP contribution in [0.1, 0.15) is 25.6 Å². The summed E-state index contributed by atoms with van der Waals surface area (Å²) in [5, 5.41) is 1.15. The number of nitrogens with two attached hydrogens (primary N) is 1. The van der Waals surface area contributed by atoms with E-state index in [0.29, 0.717) is 6.54 Å². The Morgan fingerprint density at radius 2 is 2.11 bits per heavy atom. The molecule has 2 N–H and O–H groups in total. The van der Waals surface area contributed by atoms with Crippen LogP contribution in [0.15, 0.2) is 12.4 Å². The second kappa shape index (κ2) is 5.43. The molecule has 0 unspecified atom stereocenters. The minimum absolute atomic E-state index is 0.0817. The van der Waals surface area contributed by atoms with E-state index in [4.69, 9.17) is 5.73 Å². The average molecular weight is 278 g/mol. The van der Waals surface area contributed by atoms with Crippen molar-refractivity contribution in [3.63, 3.8) is 0 Å². The highest BCUT2D eigenvalue weighted by molar-refractivity contribution is 7.18. The van der Waals surface area contributed by atoms with E-state index in [1.807, 2.05) is 0 Å². The summed E-state index contributed by atoms with van der Waals surface area (Å²) in [7, 11) is 0. The minimum Gasteiger partial charge on any atom is -0.356 e. The molecule has 0 amide bonds. The molecule has 0 fully saturated rings. The van der Waals surface area contributed by atoms with Crippen molar-refractivity contribution in [3.05, 3.63) is 17.3 Å². The van der Waals surface area contributed by atoms with Crippen molar-refractivity contribution in [2.45, 2.75) is 27.7 Å². The number of anilines is 1. The number of thiophene rings is 1. The third kappa shape index (κ3) is 3.04. The fraction of sp³-hybridized carbons (Fsp3) is 0.571. The molecule has 19 heavy (non-hydrogen) atoms. The van der Waals surface area contributed by atoms with Gasteiger partial charge in [-0.05, 0) is 31.9 Å². The van der Waals surface area contributed by atoms with Crippen LogP contribution in [-0.4, -0.2) is 29.6 Å². The molecule has 5 heteroatoms. The van der Waals surface area contributed by atoms with Crippen LogP contribution in [0.2, 0.25) is 0 Å². The van der Waals surface area contributed by atoms with Crippen LogP contribution in [-0.2, 0) is 0 Å². The Morgan fingerprint density at radius 3 is 2.74 bits per heavy atom. The monoisotopic (exact) mass is 278 g/mol. The first-order valence-corrected chi connectivity index (χ1v) is 7.44. The van der Waals surface area contributed by atoms with Crippen LogP contribution >= 0.6 is 11.3 Å². The van der Waals surface area contributed by atoms with Crippen LogP contribution in [0.5, 0.6) is 0 Å². The van der Waals surface area contributed by atoms with E-state index >= 15 is 0 Å². The number of fused-ring (bicyclic) bond motifs is 1. The van der Waals surface area contributed by atoms with Crippen molar-refractivity contribution in [1.29, 1.82) is 0 Å². The van der Waals surface area contributed by atoms with Crippen LogP contribution in [0, 0.1) is 12.3 Å². The molecule has 0 bridgehead atoms. The first-order chi connectivity index (χ1) is 8.96. The zero-order chi connectivity index (χ0) is 14.0. The summed E-state index contributed by atoms with van der Waals surface area (Å²) in [4.78, 5) is 13.5. The van der Waals surface area contributed by atoms with Gasteiger partial charge in [0.25, 0.3) is 0 Å². The maximum atomic E-state index is 5.85. The number of nitrogens with zero attached hydrogens (tertiary/aromatic N) is 3. The molecule has 0 aliphatic carbocycles. The Kier molecular flexibility index (Phi) is 4.06. The second-order valence-corrected chi connectivity index (χ2v) is 6.89. The van der Waals surface area contributed by atoms with Gasteiger partial charge in [0.05, 0.1) is 5.39 Å². The van der Waals surface area contributed by atoms with Gasteiger partial charge in [0.2, 0.25) is 0 Å². The summed E-state index contributed by atoms with van der Waals surface area (Å²) < 4.78 is 0. The van der Waals surface area contributed by atoms with Gasteiger partial charge in [-0.3, -0.25) is 0 Å². The Balaban J connectivity index is 2.40. The van der Waals surface area contributed by atoms with E-state index < -0.39 is 0 Å². The molecule has 0 saturated heterocycles. The van der Waals surface area contributed by atoms with Crippen molar-refractivity contribution in [3.8, 4) is 0 Å². The van der Waals surface area contributed by atoms with Crippen LogP contribution in [0.3, 0.4) is 0 Å². The Hall–Kier alpha value is -1.20. The molecule has 0 saturated carbocycles. The zero-order valence-corrected chi connectivity index (χ0v) is 12.9. The molecule has 0 aliphatic rings.